The molecule has 3 aromatic rings. The molecule has 1 atom stereocenters. The van der Waals surface area contributed by atoms with Crippen molar-refractivity contribution >= 4 is 64.0 Å². The van der Waals surface area contributed by atoms with Crippen molar-refractivity contribution in [3.63, 3.8) is 0 Å². The van der Waals surface area contributed by atoms with Crippen LogP contribution < -0.4 is 16.4 Å². The van der Waals surface area contributed by atoms with Gasteiger partial charge < -0.3 is 26.0 Å². The number of nitrogens with zero attached hydrogens (tertiary/aromatic N) is 6. The minimum Gasteiger partial charge on any atom is -0.453 e. The number of piperidine rings is 1. The molecule has 4 N–H and O–H groups in total. The highest BCUT2D eigenvalue weighted by molar-refractivity contribution is 6.39. The van der Waals surface area contributed by atoms with Gasteiger partial charge in [0.15, 0.2) is 5.65 Å². The Labute approximate surface area is 240 Å². The van der Waals surface area contributed by atoms with E-state index < -0.39 is 0 Å². The molecule has 14 heteroatoms. The maximum Gasteiger partial charge on any atom is 0.409 e. The lowest BCUT2D eigenvalue weighted by Gasteiger charge is -2.32. The molecule has 2 fully saturated rings. The highest BCUT2D eigenvalue weighted by Gasteiger charge is 2.30. The van der Waals surface area contributed by atoms with Crippen molar-refractivity contribution < 1.29 is 14.3 Å². The van der Waals surface area contributed by atoms with Crippen molar-refractivity contribution in [2.24, 2.45) is 11.7 Å². The first kappa shape index (κ1) is 27.7. The standard InChI is InChI=1S/C26H29Cl2N9O3/c1-40-26(39)36-8-2-3-16(13-36)32-24-31-12-20-23(35-24)37(17-6-4-15(5-7-17)22(30)38)25(33-20)34-21-18(27)9-14(11-29)10-19(21)28/h9-10,12,15-17H,2-8,13H2,1H3,(H2,30,38)(H,33,34)(H,31,32,35). The van der Waals surface area contributed by atoms with Crippen LogP contribution in [-0.4, -0.2) is 62.7 Å². The summed E-state index contributed by atoms with van der Waals surface area (Å²) >= 11 is 12.9. The topological polar surface area (TPSA) is 164 Å². The van der Waals surface area contributed by atoms with E-state index in [1.54, 1.807) is 11.1 Å². The number of benzene rings is 1. The van der Waals surface area contributed by atoms with Crippen LogP contribution in [0, 0.1) is 17.2 Å². The van der Waals surface area contributed by atoms with E-state index in [-0.39, 0.29) is 40.0 Å². The van der Waals surface area contributed by atoms with Crippen LogP contribution in [0.5, 0.6) is 0 Å². The minimum atomic E-state index is -0.358. The monoisotopic (exact) mass is 585 g/mol. The molecule has 0 radical (unpaired) electrons. The van der Waals surface area contributed by atoms with Crippen LogP contribution >= 0.6 is 23.2 Å². The summed E-state index contributed by atoms with van der Waals surface area (Å²) in [6.07, 6.45) is 5.67. The van der Waals surface area contributed by atoms with Gasteiger partial charge in [-0.3, -0.25) is 9.36 Å². The first-order valence-electron chi connectivity index (χ1n) is 13.1. The number of fused-ring (bicyclic) bond motifs is 1. The highest BCUT2D eigenvalue weighted by atomic mass is 35.5. The molecule has 2 amide bonds. The Morgan fingerprint density at radius 2 is 1.88 bits per heavy atom. The number of nitriles is 1. The van der Waals surface area contributed by atoms with E-state index in [1.807, 2.05) is 10.6 Å². The summed E-state index contributed by atoms with van der Waals surface area (Å²) in [5.74, 6) is 0.427. The first-order chi connectivity index (χ1) is 19.3. The molecule has 1 saturated heterocycles. The fourth-order valence-corrected chi connectivity index (χ4v) is 6.04. The second kappa shape index (κ2) is 11.7. The zero-order valence-electron chi connectivity index (χ0n) is 21.9. The van der Waals surface area contributed by atoms with Crippen LogP contribution in [0.25, 0.3) is 11.2 Å². The smallest absolute Gasteiger partial charge is 0.409 e. The van der Waals surface area contributed by atoms with Gasteiger partial charge in [0.25, 0.3) is 0 Å². The molecule has 40 heavy (non-hydrogen) atoms. The molecule has 1 unspecified atom stereocenters. The van der Waals surface area contributed by atoms with Crippen molar-refractivity contribution in [2.45, 2.75) is 50.6 Å². The molecular weight excluding hydrogens is 557 g/mol. The molecule has 1 aromatic carbocycles. The molecule has 5 rings (SSSR count). The van der Waals surface area contributed by atoms with Gasteiger partial charge in [0, 0.05) is 31.1 Å². The SMILES string of the molecule is COC(=O)N1CCCC(Nc2ncc3nc(Nc4c(Cl)cc(C#N)cc4Cl)n(C4CCC(C(N)=O)CC4)c3n2)C1. The third kappa shape index (κ3) is 5.71. The average molecular weight is 586 g/mol. The zero-order chi connectivity index (χ0) is 28.4. The van der Waals surface area contributed by atoms with Gasteiger partial charge in [-0.25, -0.2) is 14.8 Å². The van der Waals surface area contributed by atoms with Gasteiger partial charge in [-0.1, -0.05) is 23.2 Å². The molecule has 2 aromatic heterocycles. The Balaban J connectivity index is 1.49. The van der Waals surface area contributed by atoms with Crippen molar-refractivity contribution in [3.8, 4) is 6.07 Å². The number of aromatic nitrogens is 4. The number of carbonyl (C=O) groups is 2. The van der Waals surface area contributed by atoms with Gasteiger partial charge in [0.2, 0.25) is 17.8 Å². The predicted octanol–water partition coefficient (Wildman–Crippen LogP) is 4.61. The Morgan fingerprint density at radius 1 is 1.15 bits per heavy atom. The van der Waals surface area contributed by atoms with Crippen LogP contribution in [-0.2, 0) is 9.53 Å². The summed E-state index contributed by atoms with van der Waals surface area (Å²) in [6, 6.07) is 5.04. The molecule has 0 bridgehead atoms. The second-order valence-electron chi connectivity index (χ2n) is 10.1. The number of ether oxygens (including phenoxy) is 1. The van der Waals surface area contributed by atoms with Crippen molar-refractivity contribution in [2.75, 3.05) is 30.8 Å². The molecule has 2 aliphatic rings. The lowest BCUT2D eigenvalue weighted by atomic mass is 9.85. The van der Waals surface area contributed by atoms with E-state index in [1.165, 1.54) is 19.2 Å². The number of nitrogens with two attached hydrogens (primary N) is 1. The van der Waals surface area contributed by atoms with Crippen LogP contribution in [0.1, 0.15) is 50.1 Å². The number of imidazole rings is 1. The average Bonchev–Trinajstić information content (AvgIpc) is 3.31. The third-order valence-electron chi connectivity index (χ3n) is 7.49. The van der Waals surface area contributed by atoms with Crippen molar-refractivity contribution in [1.82, 2.24) is 24.4 Å². The van der Waals surface area contributed by atoms with E-state index in [0.717, 1.165) is 12.8 Å². The lowest BCUT2D eigenvalue weighted by molar-refractivity contribution is -0.122. The molecule has 210 valence electrons. The number of carbonyl (C=O) groups excluding carboxylic acids is 2. The number of amides is 2. The number of likely N-dealkylation sites (tertiary alicyclic amines) is 1. The Morgan fingerprint density at radius 3 is 2.52 bits per heavy atom. The van der Waals surface area contributed by atoms with Gasteiger partial charge in [-0.2, -0.15) is 10.2 Å². The molecule has 1 saturated carbocycles. The molecule has 3 heterocycles. The number of methoxy groups -OCH3 is 1. The summed E-state index contributed by atoms with van der Waals surface area (Å²) in [7, 11) is 1.37. The number of rotatable bonds is 6. The van der Waals surface area contributed by atoms with Crippen molar-refractivity contribution in [1.29, 1.82) is 5.26 Å². The Bertz CT molecular complexity index is 1460. The predicted molar refractivity (Wildman–Crippen MR) is 151 cm³/mol. The fourth-order valence-electron chi connectivity index (χ4n) is 5.45. The molecule has 1 aliphatic carbocycles. The number of anilines is 3. The summed E-state index contributed by atoms with van der Waals surface area (Å²) < 4.78 is 6.87. The van der Waals surface area contributed by atoms with Crippen LogP contribution in [0.3, 0.4) is 0 Å². The van der Waals surface area contributed by atoms with Gasteiger partial charge in [-0.15, -0.1) is 0 Å². The highest BCUT2D eigenvalue weighted by Crippen LogP contribution is 2.39. The molecular formula is C26H29Cl2N9O3. The number of hydrogen-bond acceptors (Lipinski definition) is 9. The lowest BCUT2D eigenvalue weighted by Crippen LogP contribution is -2.45. The quantitative estimate of drug-likeness (QED) is 0.374. The Hall–Kier alpha value is -3.82. The van der Waals surface area contributed by atoms with Gasteiger partial charge >= 0.3 is 6.09 Å². The largest absolute Gasteiger partial charge is 0.453 e. The summed E-state index contributed by atoms with van der Waals surface area (Å²) in [5.41, 5.74) is 7.49. The van der Waals surface area contributed by atoms with E-state index in [2.05, 4.69) is 15.6 Å². The van der Waals surface area contributed by atoms with Gasteiger partial charge in [-0.05, 0) is 50.7 Å². The van der Waals surface area contributed by atoms with E-state index >= 15 is 0 Å². The Kier molecular flexibility index (Phi) is 8.14. The maximum atomic E-state index is 12.0. The van der Waals surface area contributed by atoms with Crippen LogP contribution in [0.4, 0.5) is 22.4 Å². The first-order valence-corrected chi connectivity index (χ1v) is 13.8. The van der Waals surface area contributed by atoms with Gasteiger partial charge in [0.05, 0.1) is 40.7 Å². The minimum absolute atomic E-state index is 0.0220. The molecule has 1 aliphatic heterocycles. The summed E-state index contributed by atoms with van der Waals surface area (Å²) in [5, 5.41) is 16.4. The maximum absolute atomic E-state index is 12.0. The van der Waals surface area contributed by atoms with E-state index in [9.17, 15) is 14.9 Å². The normalized spacial score (nSPS) is 21.1. The second-order valence-corrected chi connectivity index (χ2v) is 10.9. The zero-order valence-corrected chi connectivity index (χ0v) is 23.4. The number of primary amides is 1. The van der Waals surface area contributed by atoms with Gasteiger partial charge in [0.1, 0.15) is 5.52 Å². The number of nitrogens with one attached hydrogen (secondary N) is 2. The number of halogens is 2. The summed E-state index contributed by atoms with van der Waals surface area (Å²) in [6.45, 7) is 1.12. The van der Waals surface area contributed by atoms with Crippen LogP contribution in [0.2, 0.25) is 10.0 Å². The van der Waals surface area contributed by atoms with Crippen LogP contribution in [0.15, 0.2) is 18.3 Å². The molecule has 12 nitrogen and oxygen atoms in total. The van der Waals surface area contributed by atoms with E-state index in [0.29, 0.717) is 73.1 Å². The fraction of sp³-hybridized carbons (Fsp3) is 0.462. The van der Waals surface area contributed by atoms with Crippen molar-refractivity contribution in [3.05, 3.63) is 33.9 Å². The number of hydrogen-bond donors (Lipinski definition) is 3. The summed E-state index contributed by atoms with van der Waals surface area (Å²) in [4.78, 5) is 39.5. The third-order valence-corrected chi connectivity index (χ3v) is 8.09. The molecule has 0 spiro atoms. The van der Waals surface area contributed by atoms with E-state index in [4.69, 9.17) is 43.6 Å².